The number of carbonyl (C=O) groups excluding carboxylic acids is 1. The van der Waals surface area contributed by atoms with Crippen LogP contribution >= 0.6 is 0 Å². The van der Waals surface area contributed by atoms with Crippen molar-refractivity contribution in [3.63, 3.8) is 0 Å². The van der Waals surface area contributed by atoms with Gasteiger partial charge in [-0.15, -0.1) is 0 Å². The first-order valence-electron chi connectivity index (χ1n) is 8.29. The topological polar surface area (TPSA) is 65.7 Å². The van der Waals surface area contributed by atoms with Crippen molar-refractivity contribution < 1.29 is 18.7 Å². The fraction of sp³-hybridized carbons (Fsp3) is 0.238. The molecule has 0 atom stereocenters. The van der Waals surface area contributed by atoms with Crippen molar-refractivity contribution in [2.75, 3.05) is 7.11 Å². The van der Waals surface area contributed by atoms with Crippen molar-refractivity contribution in [3.8, 4) is 5.75 Å². The zero-order chi connectivity index (χ0) is 18.7. The summed E-state index contributed by atoms with van der Waals surface area (Å²) in [6, 6.07) is 12.4. The van der Waals surface area contributed by atoms with Gasteiger partial charge in [-0.3, -0.25) is 4.79 Å². The largest absolute Gasteiger partial charge is 0.497 e. The maximum atomic E-state index is 12.2. The van der Waals surface area contributed by atoms with Crippen LogP contribution in [-0.4, -0.2) is 13.1 Å². The highest BCUT2D eigenvalue weighted by Gasteiger charge is 2.11. The van der Waals surface area contributed by atoms with E-state index in [-0.39, 0.29) is 19.0 Å². The fourth-order valence-corrected chi connectivity index (χ4v) is 2.76. The van der Waals surface area contributed by atoms with Gasteiger partial charge in [0.1, 0.15) is 17.9 Å². The van der Waals surface area contributed by atoms with Crippen LogP contribution in [0.3, 0.4) is 0 Å². The lowest BCUT2D eigenvalue weighted by Gasteiger charge is -2.09. The third-order valence-electron chi connectivity index (χ3n) is 4.32. The molecule has 0 bridgehead atoms. The highest BCUT2D eigenvalue weighted by molar-refractivity contribution is 5.82. The third-order valence-corrected chi connectivity index (χ3v) is 4.32. The van der Waals surface area contributed by atoms with Gasteiger partial charge in [-0.05, 0) is 54.8 Å². The van der Waals surface area contributed by atoms with Gasteiger partial charge in [0.25, 0.3) is 0 Å². The predicted octanol–water partition coefficient (Wildman–Crippen LogP) is 3.70. The van der Waals surface area contributed by atoms with Gasteiger partial charge in [-0.25, -0.2) is 4.79 Å². The van der Waals surface area contributed by atoms with Crippen molar-refractivity contribution >= 4 is 16.9 Å². The molecule has 0 saturated heterocycles. The maximum absolute atomic E-state index is 12.2. The fourth-order valence-electron chi connectivity index (χ4n) is 2.76. The highest BCUT2D eigenvalue weighted by atomic mass is 16.5. The van der Waals surface area contributed by atoms with Gasteiger partial charge in [0.2, 0.25) is 0 Å². The van der Waals surface area contributed by atoms with Crippen LogP contribution in [0.15, 0.2) is 51.7 Å². The lowest BCUT2D eigenvalue weighted by atomic mass is 10.0. The van der Waals surface area contributed by atoms with E-state index in [1.54, 1.807) is 13.2 Å². The van der Waals surface area contributed by atoms with E-state index in [0.29, 0.717) is 16.9 Å². The first-order chi connectivity index (χ1) is 12.5. The Morgan fingerprint density at radius 1 is 1.08 bits per heavy atom. The summed E-state index contributed by atoms with van der Waals surface area (Å²) in [6.45, 7) is 3.96. The van der Waals surface area contributed by atoms with Crippen molar-refractivity contribution in [2.24, 2.45) is 0 Å². The number of rotatable bonds is 5. The van der Waals surface area contributed by atoms with E-state index < -0.39 is 5.63 Å². The summed E-state index contributed by atoms with van der Waals surface area (Å²) in [7, 11) is 1.58. The number of benzene rings is 2. The number of hydrogen-bond acceptors (Lipinski definition) is 5. The average molecular weight is 352 g/mol. The Bertz CT molecular complexity index is 1020. The Morgan fingerprint density at radius 3 is 2.62 bits per heavy atom. The van der Waals surface area contributed by atoms with Crippen molar-refractivity contribution in [1.82, 2.24) is 0 Å². The van der Waals surface area contributed by atoms with Crippen molar-refractivity contribution in [3.05, 3.63) is 75.1 Å². The van der Waals surface area contributed by atoms with E-state index >= 15 is 0 Å². The van der Waals surface area contributed by atoms with Gasteiger partial charge in [-0.1, -0.05) is 12.1 Å². The molecule has 5 nitrogen and oxygen atoms in total. The Labute approximate surface area is 151 Å². The molecule has 0 N–H and O–H groups in total. The van der Waals surface area contributed by atoms with E-state index in [4.69, 9.17) is 13.9 Å². The molecule has 0 spiro atoms. The number of aryl methyl sites for hydroxylation is 2. The summed E-state index contributed by atoms with van der Waals surface area (Å²) in [5.41, 5.74) is 3.60. The standard InChI is InChI=1S/C21H20O5/c1-13-7-18-16(11-21(23)26-19(18)8-14(13)2)12-25-20(22)10-15-5-4-6-17(9-15)24-3/h4-9,11H,10,12H2,1-3H3. The number of methoxy groups -OCH3 is 1. The second-order valence-electron chi connectivity index (χ2n) is 6.21. The molecule has 26 heavy (non-hydrogen) atoms. The van der Waals surface area contributed by atoms with Crippen LogP contribution in [0, 0.1) is 13.8 Å². The lowest BCUT2D eigenvalue weighted by Crippen LogP contribution is -2.10. The van der Waals surface area contributed by atoms with E-state index in [1.807, 2.05) is 44.2 Å². The molecule has 5 heteroatoms. The number of fused-ring (bicyclic) bond motifs is 1. The zero-order valence-electron chi connectivity index (χ0n) is 15.0. The van der Waals surface area contributed by atoms with Gasteiger partial charge in [-0.2, -0.15) is 0 Å². The second kappa shape index (κ2) is 7.44. The summed E-state index contributed by atoms with van der Waals surface area (Å²) in [5, 5.41) is 0.780. The Hall–Kier alpha value is -3.08. The Balaban J connectivity index is 1.77. The third kappa shape index (κ3) is 3.94. The van der Waals surface area contributed by atoms with Gasteiger partial charge < -0.3 is 13.9 Å². The predicted molar refractivity (Wildman–Crippen MR) is 98.5 cm³/mol. The minimum Gasteiger partial charge on any atom is -0.497 e. The molecule has 0 unspecified atom stereocenters. The first kappa shape index (κ1) is 17.7. The number of carbonyl (C=O) groups is 1. The molecule has 1 aromatic heterocycles. The van der Waals surface area contributed by atoms with Gasteiger partial charge in [0, 0.05) is 17.0 Å². The zero-order valence-corrected chi connectivity index (χ0v) is 15.0. The second-order valence-corrected chi connectivity index (χ2v) is 6.21. The van der Waals surface area contributed by atoms with E-state index in [9.17, 15) is 9.59 Å². The number of esters is 1. The van der Waals surface area contributed by atoms with Crippen molar-refractivity contribution in [2.45, 2.75) is 26.9 Å². The van der Waals surface area contributed by atoms with Crippen LogP contribution < -0.4 is 10.4 Å². The van der Waals surface area contributed by atoms with Crippen molar-refractivity contribution in [1.29, 1.82) is 0 Å². The van der Waals surface area contributed by atoms with Crippen LogP contribution in [0.4, 0.5) is 0 Å². The van der Waals surface area contributed by atoms with E-state index in [0.717, 1.165) is 22.1 Å². The molecule has 1 heterocycles. The average Bonchev–Trinajstić information content (AvgIpc) is 2.61. The quantitative estimate of drug-likeness (QED) is 0.517. The molecule has 2 aromatic carbocycles. The molecule has 3 rings (SSSR count). The SMILES string of the molecule is COc1cccc(CC(=O)OCc2cc(=O)oc3cc(C)c(C)cc23)c1. The minimum absolute atomic E-state index is 0.0212. The van der Waals surface area contributed by atoms with Gasteiger partial charge in [0.05, 0.1) is 13.5 Å². The molecule has 0 aliphatic heterocycles. The molecular formula is C21H20O5. The minimum atomic E-state index is -0.459. The van der Waals surface area contributed by atoms with Gasteiger partial charge >= 0.3 is 11.6 Å². The molecule has 0 aliphatic rings. The molecular weight excluding hydrogens is 332 g/mol. The molecule has 134 valence electrons. The van der Waals surface area contributed by atoms with E-state index in [2.05, 4.69) is 0 Å². The molecule has 0 fully saturated rings. The van der Waals surface area contributed by atoms with Crippen LogP contribution in [0.5, 0.6) is 5.75 Å². The van der Waals surface area contributed by atoms with Gasteiger partial charge in [0.15, 0.2) is 0 Å². The lowest BCUT2D eigenvalue weighted by molar-refractivity contribution is -0.144. The smallest absolute Gasteiger partial charge is 0.336 e. The number of hydrogen-bond donors (Lipinski definition) is 0. The van der Waals surface area contributed by atoms with Crippen LogP contribution in [0.25, 0.3) is 11.0 Å². The molecule has 0 saturated carbocycles. The highest BCUT2D eigenvalue weighted by Crippen LogP contribution is 2.22. The van der Waals surface area contributed by atoms with E-state index in [1.165, 1.54) is 6.07 Å². The van der Waals surface area contributed by atoms with Crippen LogP contribution in [0.2, 0.25) is 0 Å². The molecule has 3 aromatic rings. The Kier molecular flexibility index (Phi) is 5.07. The maximum Gasteiger partial charge on any atom is 0.336 e. The monoisotopic (exact) mass is 352 g/mol. The summed E-state index contributed by atoms with van der Waals surface area (Å²) >= 11 is 0. The molecule has 0 amide bonds. The molecule has 0 radical (unpaired) electrons. The Morgan fingerprint density at radius 2 is 1.85 bits per heavy atom. The summed E-state index contributed by atoms with van der Waals surface area (Å²) in [4.78, 5) is 23.9. The normalized spacial score (nSPS) is 10.7. The van der Waals surface area contributed by atoms with Crippen LogP contribution in [-0.2, 0) is 22.6 Å². The number of ether oxygens (including phenoxy) is 2. The summed E-state index contributed by atoms with van der Waals surface area (Å²) < 4.78 is 15.8. The summed E-state index contributed by atoms with van der Waals surface area (Å²) in [5.74, 6) is 0.316. The summed E-state index contributed by atoms with van der Waals surface area (Å²) in [6.07, 6.45) is 0.134. The molecule has 0 aliphatic carbocycles. The first-order valence-corrected chi connectivity index (χ1v) is 8.29. The van der Waals surface area contributed by atoms with Crippen LogP contribution in [0.1, 0.15) is 22.3 Å².